The minimum Gasteiger partial charge on any atom is -0.480 e. The zero-order valence-electron chi connectivity index (χ0n) is 10.2. The number of aliphatic carboxylic acids is 1. The number of benzene rings is 1. The highest BCUT2D eigenvalue weighted by molar-refractivity contribution is 9.10. The number of nitrogens with zero attached hydrogens (tertiary/aromatic N) is 1. The van der Waals surface area contributed by atoms with E-state index in [1.54, 1.807) is 25.1 Å². The molecule has 0 aromatic heterocycles. The Morgan fingerprint density at radius 3 is 2.47 bits per heavy atom. The number of primary amides is 1. The first-order valence-corrected chi connectivity index (χ1v) is 6.16. The van der Waals surface area contributed by atoms with Crippen LogP contribution in [0.4, 0.5) is 0 Å². The molecule has 3 N–H and O–H groups in total. The summed E-state index contributed by atoms with van der Waals surface area (Å²) in [5, 5.41) is 8.76. The van der Waals surface area contributed by atoms with Gasteiger partial charge in [-0.2, -0.15) is 0 Å². The Hall–Kier alpha value is -1.89. The maximum Gasteiger partial charge on any atom is 0.323 e. The summed E-state index contributed by atoms with van der Waals surface area (Å²) in [4.78, 5) is 34.8. The first-order chi connectivity index (χ1) is 8.82. The van der Waals surface area contributed by atoms with Crippen molar-refractivity contribution in [3.8, 4) is 0 Å². The summed E-state index contributed by atoms with van der Waals surface area (Å²) in [6.45, 7) is 0.714. The zero-order valence-corrected chi connectivity index (χ0v) is 11.8. The number of amides is 2. The van der Waals surface area contributed by atoms with Crippen LogP contribution in [0.1, 0.15) is 15.9 Å². The third-order valence-electron chi connectivity index (χ3n) is 2.46. The van der Waals surface area contributed by atoms with E-state index in [1.807, 2.05) is 0 Å². The molecule has 0 unspecified atom stereocenters. The highest BCUT2D eigenvalue weighted by Gasteiger charge is 2.22. The molecule has 0 aliphatic carbocycles. The van der Waals surface area contributed by atoms with Gasteiger partial charge < -0.3 is 15.7 Å². The van der Waals surface area contributed by atoms with Crippen LogP contribution in [0.25, 0.3) is 0 Å². The number of halogens is 1. The van der Waals surface area contributed by atoms with Crippen molar-refractivity contribution in [2.45, 2.75) is 6.92 Å². The zero-order chi connectivity index (χ0) is 14.6. The minimum absolute atomic E-state index is 0.330. The standard InChI is InChI=1S/C12H13BrN2O4/c1-7-8(3-2-4-9(7)13)12(19)15(5-10(14)16)6-11(17)18/h2-4H,5-6H2,1H3,(H2,14,16)(H,17,18). The van der Waals surface area contributed by atoms with Crippen LogP contribution in [-0.2, 0) is 9.59 Å². The van der Waals surface area contributed by atoms with E-state index < -0.39 is 30.9 Å². The Balaban J connectivity index is 3.07. The minimum atomic E-state index is -1.21. The van der Waals surface area contributed by atoms with Crippen molar-refractivity contribution in [3.63, 3.8) is 0 Å². The van der Waals surface area contributed by atoms with Gasteiger partial charge in [-0.05, 0) is 24.6 Å². The van der Waals surface area contributed by atoms with Crippen molar-refractivity contribution in [2.24, 2.45) is 5.73 Å². The molecule has 102 valence electrons. The van der Waals surface area contributed by atoms with Crippen molar-refractivity contribution in [1.29, 1.82) is 0 Å². The molecule has 0 saturated carbocycles. The number of carboxylic acids is 1. The molecule has 2 amide bonds. The van der Waals surface area contributed by atoms with Gasteiger partial charge in [0.05, 0.1) is 0 Å². The maximum absolute atomic E-state index is 12.2. The Kier molecular flexibility index (Phi) is 5.05. The Morgan fingerprint density at radius 1 is 1.32 bits per heavy atom. The third-order valence-corrected chi connectivity index (χ3v) is 3.32. The van der Waals surface area contributed by atoms with Gasteiger partial charge in [0, 0.05) is 10.0 Å². The fraction of sp³-hybridized carbons (Fsp3) is 0.250. The summed E-state index contributed by atoms with van der Waals surface area (Å²) in [7, 11) is 0. The van der Waals surface area contributed by atoms with Crippen molar-refractivity contribution in [2.75, 3.05) is 13.1 Å². The summed E-state index contributed by atoms with van der Waals surface area (Å²) >= 11 is 3.29. The monoisotopic (exact) mass is 328 g/mol. The van der Waals surface area contributed by atoms with E-state index in [4.69, 9.17) is 10.8 Å². The van der Waals surface area contributed by atoms with Crippen molar-refractivity contribution < 1.29 is 19.5 Å². The number of hydrogen-bond acceptors (Lipinski definition) is 3. The molecule has 0 aliphatic rings. The number of hydrogen-bond donors (Lipinski definition) is 2. The fourth-order valence-corrected chi connectivity index (χ4v) is 1.93. The lowest BCUT2D eigenvalue weighted by atomic mass is 10.1. The predicted molar refractivity (Wildman–Crippen MR) is 71.6 cm³/mol. The van der Waals surface area contributed by atoms with Gasteiger partial charge in [-0.15, -0.1) is 0 Å². The molecule has 0 fully saturated rings. The molecule has 1 aromatic rings. The first-order valence-electron chi connectivity index (χ1n) is 5.37. The number of carboxylic acid groups (broad SMARTS) is 1. The normalized spacial score (nSPS) is 10.0. The van der Waals surface area contributed by atoms with Crippen LogP contribution >= 0.6 is 15.9 Å². The Labute approximate surface area is 118 Å². The maximum atomic E-state index is 12.2. The second kappa shape index (κ2) is 6.33. The molecule has 0 atom stereocenters. The molecule has 1 rings (SSSR count). The van der Waals surface area contributed by atoms with E-state index in [1.165, 1.54) is 0 Å². The molecule has 6 nitrogen and oxygen atoms in total. The summed E-state index contributed by atoms with van der Waals surface area (Å²) in [5.41, 5.74) is 6.02. The molecule has 0 heterocycles. The number of rotatable bonds is 5. The molecule has 7 heteroatoms. The van der Waals surface area contributed by atoms with Gasteiger partial charge in [0.1, 0.15) is 13.1 Å². The number of nitrogens with two attached hydrogens (primary N) is 1. The van der Waals surface area contributed by atoms with E-state index in [9.17, 15) is 14.4 Å². The van der Waals surface area contributed by atoms with Gasteiger partial charge in [-0.25, -0.2) is 0 Å². The van der Waals surface area contributed by atoms with E-state index in [-0.39, 0.29) is 0 Å². The largest absolute Gasteiger partial charge is 0.480 e. The predicted octanol–water partition coefficient (Wildman–Crippen LogP) is 0.770. The van der Waals surface area contributed by atoms with Crippen LogP contribution in [0.3, 0.4) is 0 Å². The van der Waals surface area contributed by atoms with Gasteiger partial charge in [-0.1, -0.05) is 22.0 Å². The molecule has 0 radical (unpaired) electrons. The Bertz CT molecular complexity index is 514. The summed E-state index contributed by atoms with van der Waals surface area (Å²) < 4.78 is 0.729. The second-order valence-corrected chi connectivity index (χ2v) is 4.79. The van der Waals surface area contributed by atoms with Crippen molar-refractivity contribution in [1.82, 2.24) is 4.90 Å². The van der Waals surface area contributed by atoms with Gasteiger partial charge >= 0.3 is 5.97 Å². The molecular formula is C12H13BrN2O4. The lowest BCUT2D eigenvalue weighted by molar-refractivity contribution is -0.138. The van der Waals surface area contributed by atoms with Crippen LogP contribution in [0.15, 0.2) is 22.7 Å². The quantitative estimate of drug-likeness (QED) is 0.833. The van der Waals surface area contributed by atoms with Crippen LogP contribution in [0.2, 0.25) is 0 Å². The lowest BCUT2D eigenvalue weighted by Gasteiger charge is -2.20. The van der Waals surface area contributed by atoms with Crippen LogP contribution in [0.5, 0.6) is 0 Å². The molecule has 0 spiro atoms. The van der Waals surface area contributed by atoms with E-state index in [2.05, 4.69) is 15.9 Å². The van der Waals surface area contributed by atoms with Crippen LogP contribution in [-0.4, -0.2) is 40.9 Å². The second-order valence-electron chi connectivity index (χ2n) is 3.93. The van der Waals surface area contributed by atoms with Crippen LogP contribution < -0.4 is 5.73 Å². The molecule has 19 heavy (non-hydrogen) atoms. The van der Waals surface area contributed by atoms with Crippen molar-refractivity contribution >= 4 is 33.7 Å². The molecule has 0 aliphatic heterocycles. The summed E-state index contributed by atoms with van der Waals surface area (Å²) in [5.74, 6) is -2.51. The first kappa shape index (κ1) is 15.2. The molecule has 0 saturated heterocycles. The SMILES string of the molecule is Cc1c(Br)cccc1C(=O)N(CC(N)=O)CC(=O)O. The molecule has 0 bridgehead atoms. The van der Waals surface area contributed by atoms with Gasteiger partial charge in [0.25, 0.3) is 5.91 Å². The van der Waals surface area contributed by atoms with Crippen molar-refractivity contribution in [3.05, 3.63) is 33.8 Å². The van der Waals surface area contributed by atoms with Crippen LogP contribution in [0, 0.1) is 6.92 Å². The number of carbonyl (C=O) groups is 3. The summed E-state index contributed by atoms with van der Waals surface area (Å²) in [6.07, 6.45) is 0. The van der Waals surface area contributed by atoms with E-state index in [0.29, 0.717) is 11.1 Å². The Morgan fingerprint density at radius 2 is 1.95 bits per heavy atom. The smallest absolute Gasteiger partial charge is 0.323 e. The van der Waals surface area contributed by atoms with Gasteiger partial charge in [0.2, 0.25) is 5.91 Å². The highest BCUT2D eigenvalue weighted by atomic mass is 79.9. The highest BCUT2D eigenvalue weighted by Crippen LogP contribution is 2.20. The van der Waals surface area contributed by atoms with Gasteiger partial charge in [0.15, 0.2) is 0 Å². The fourth-order valence-electron chi connectivity index (χ4n) is 1.56. The lowest BCUT2D eigenvalue weighted by Crippen LogP contribution is -2.41. The topological polar surface area (TPSA) is 101 Å². The van der Waals surface area contributed by atoms with E-state index in [0.717, 1.165) is 9.37 Å². The summed E-state index contributed by atoms with van der Waals surface area (Å²) in [6, 6.07) is 4.99. The third kappa shape index (κ3) is 4.06. The van der Waals surface area contributed by atoms with Gasteiger partial charge in [-0.3, -0.25) is 14.4 Å². The molecular weight excluding hydrogens is 316 g/mol. The average Bonchev–Trinajstić information content (AvgIpc) is 2.30. The number of carbonyl (C=O) groups excluding carboxylic acids is 2. The molecule has 1 aromatic carbocycles. The van der Waals surface area contributed by atoms with E-state index >= 15 is 0 Å². The average molecular weight is 329 g/mol.